The molecule has 2 aromatic heterocycles. The quantitative estimate of drug-likeness (QED) is 0.843. The van der Waals surface area contributed by atoms with Gasteiger partial charge in [-0.05, 0) is 26.0 Å². The van der Waals surface area contributed by atoms with Crippen molar-refractivity contribution in [3.63, 3.8) is 0 Å². The maximum Gasteiger partial charge on any atom is 0.315 e. The van der Waals surface area contributed by atoms with E-state index in [0.29, 0.717) is 6.54 Å². The van der Waals surface area contributed by atoms with Crippen LogP contribution in [0.15, 0.2) is 30.6 Å². The van der Waals surface area contributed by atoms with Crippen LogP contribution in [0.2, 0.25) is 0 Å². The monoisotopic (exact) mass is 232 g/mol. The summed E-state index contributed by atoms with van der Waals surface area (Å²) in [6, 6.07) is 5.77. The standard InChI is InChI=1S/C12H16N4O/c1-9(2)14-12(17)13-7-10-8-16-6-4-3-5-11(16)15-10/h3-6,8-9H,7H2,1-2H3,(H2,13,14,17). The lowest BCUT2D eigenvalue weighted by Gasteiger charge is -2.08. The number of nitrogens with zero attached hydrogens (tertiary/aromatic N) is 2. The molecule has 5 nitrogen and oxygen atoms in total. The Morgan fingerprint density at radius 2 is 2.29 bits per heavy atom. The zero-order valence-corrected chi connectivity index (χ0v) is 9.97. The molecule has 2 heterocycles. The van der Waals surface area contributed by atoms with Crippen LogP contribution in [0.1, 0.15) is 19.5 Å². The van der Waals surface area contributed by atoms with E-state index >= 15 is 0 Å². The topological polar surface area (TPSA) is 58.4 Å². The molecule has 0 aliphatic heterocycles. The van der Waals surface area contributed by atoms with Gasteiger partial charge in [0.05, 0.1) is 12.2 Å². The summed E-state index contributed by atoms with van der Waals surface area (Å²) in [7, 11) is 0. The lowest BCUT2D eigenvalue weighted by Crippen LogP contribution is -2.39. The Morgan fingerprint density at radius 3 is 3.00 bits per heavy atom. The zero-order valence-electron chi connectivity index (χ0n) is 9.97. The molecule has 0 saturated heterocycles. The fraction of sp³-hybridized carbons (Fsp3) is 0.333. The second kappa shape index (κ2) is 4.86. The highest BCUT2D eigenvalue weighted by Gasteiger charge is 2.04. The summed E-state index contributed by atoms with van der Waals surface area (Å²) in [5.74, 6) is 0. The number of aromatic nitrogens is 2. The van der Waals surface area contributed by atoms with Crippen LogP contribution >= 0.6 is 0 Å². The molecular formula is C12H16N4O. The molecule has 0 atom stereocenters. The van der Waals surface area contributed by atoms with E-state index in [2.05, 4.69) is 15.6 Å². The Morgan fingerprint density at radius 1 is 1.47 bits per heavy atom. The van der Waals surface area contributed by atoms with Crippen molar-refractivity contribution in [3.8, 4) is 0 Å². The molecule has 17 heavy (non-hydrogen) atoms. The number of rotatable bonds is 3. The van der Waals surface area contributed by atoms with Gasteiger partial charge in [0.1, 0.15) is 5.65 Å². The molecule has 2 aromatic rings. The Hall–Kier alpha value is -2.04. The Kier molecular flexibility index (Phi) is 3.27. The number of nitrogens with one attached hydrogen (secondary N) is 2. The highest BCUT2D eigenvalue weighted by atomic mass is 16.2. The summed E-state index contributed by atoms with van der Waals surface area (Å²) < 4.78 is 1.93. The van der Waals surface area contributed by atoms with E-state index in [9.17, 15) is 4.79 Å². The Bertz CT molecular complexity index is 485. The summed E-state index contributed by atoms with van der Waals surface area (Å²) in [6.07, 6.45) is 3.84. The molecule has 0 bridgehead atoms. The van der Waals surface area contributed by atoms with Gasteiger partial charge in [-0.15, -0.1) is 0 Å². The number of urea groups is 1. The first-order valence-corrected chi connectivity index (χ1v) is 5.62. The number of carbonyl (C=O) groups is 1. The van der Waals surface area contributed by atoms with Gasteiger partial charge < -0.3 is 15.0 Å². The lowest BCUT2D eigenvalue weighted by atomic mass is 10.4. The SMILES string of the molecule is CC(C)NC(=O)NCc1cn2ccccc2n1. The highest BCUT2D eigenvalue weighted by Crippen LogP contribution is 2.03. The molecule has 0 saturated carbocycles. The Labute approximate surface area is 99.9 Å². The summed E-state index contributed by atoms with van der Waals surface area (Å²) in [5.41, 5.74) is 1.73. The van der Waals surface area contributed by atoms with Crippen molar-refractivity contribution >= 4 is 11.7 Å². The average Bonchev–Trinajstić information content (AvgIpc) is 2.68. The lowest BCUT2D eigenvalue weighted by molar-refractivity contribution is 0.238. The first-order chi connectivity index (χ1) is 8.15. The van der Waals surface area contributed by atoms with Gasteiger partial charge in [-0.25, -0.2) is 9.78 Å². The molecule has 2 rings (SSSR count). The number of amides is 2. The van der Waals surface area contributed by atoms with E-state index in [0.717, 1.165) is 11.3 Å². The van der Waals surface area contributed by atoms with Crippen LogP contribution in [-0.2, 0) is 6.54 Å². The van der Waals surface area contributed by atoms with Crippen molar-refractivity contribution in [1.82, 2.24) is 20.0 Å². The van der Waals surface area contributed by atoms with Crippen molar-refractivity contribution in [1.29, 1.82) is 0 Å². The second-order valence-electron chi connectivity index (χ2n) is 4.18. The molecule has 0 aliphatic carbocycles. The molecule has 5 heteroatoms. The number of hydrogen-bond acceptors (Lipinski definition) is 2. The van der Waals surface area contributed by atoms with E-state index in [4.69, 9.17) is 0 Å². The van der Waals surface area contributed by atoms with Crippen molar-refractivity contribution in [2.45, 2.75) is 26.4 Å². The number of pyridine rings is 1. The number of carbonyl (C=O) groups excluding carboxylic acids is 1. The molecule has 0 spiro atoms. The van der Waals surface area contributed by atoms with Gasteiger partial charge in [0.25, 0.3) is 0 Å². The molecule has 2 amide bonds. The maximum atomic E-state index is 11.4. The largest absolute Gasteiger partial charge is 0.336 e. The van der Waals surface area contributed by atoms with Gasteiger partial charge in [-0.3, -0.25) is 0 Å². The van der Waals surface area contributed by atoms with Gasteiger partial charge in [-0.1, -0.05) is 6.07 Å². The van der Waals surface area contributed by atoms with Crippen molar-refractivity contribution < 1.29 is 4.79 Å². The van der Waals surface area contributed by atoms with E-state index in [1.165, 1.54) is 0 Å². The van der Waals surface area contributed by atoms with Gasteiger partial charge in [0.15, 0.2) is 0 Å². The van der Waals surface area contributed by atoms with Crippen LogP contribution in [0.4, 0.5) is 4.79 Å². The molecule has 0 radical (unpaired) electrons. The normalized spacial score (nSPS) is 10.8. The fourth-order valence-electron chi connectivity index (χ4n) is 1.56. The summed E-state index contributed by atoms with van der Waals surface area (Å²) in [6.45, 7) is 4.27. The molecule has 0 fully saturated rings. The first kappa shape index (κ1) is 11.4. The number of imidazole rings is 1. The summed E-state index contributed by atoms with van der Waals surface area (Å²) in [5, 5.41) is 5.53. The summed E-state index contributed by atoms with van der Waals surface area (Å²) in [4.78, 5) is 15.8. The van der Waals surface area contributed by atoms with Crippen LogP contribution in [0.5, 0.6) is 0 Å². The first-order valence-electron chi connectivity index (χ1n) is 5.62. The maximum absolute atomic E-state index is 11.4. The minimum absolute atomic E-state index is 0.135. The third-order valence-corrected chi connectivity index (χ3v) is 2.26. The van der Waals surface area contributed by atoms with Crippen molar-refractivity contribution in [2.75, 3.05) is 0 Å². The minimum atomic E-state index is -0.169. The molecule has 0 aromatic carbocycles. The van der Waals surface area contributed by atoms with E-state index in [1.54, 1.807) is 0 Å². The smallest absolute Gasteiger partial charge is 0.315 e. The molecule has 90 valence electrons. The predicted molar refractivity (Wildman–Crippen MR) is 65.7 cm³/mol. The number of fused-ring (bicyclic) bond motifs is 1. The van der Waals surface area contributed by atoms with Crippen LogP contribution in [0.25, 0.3) is 5.65 Å². The average molecular weight is 232 g/mol. The van der Waals surface area contributed by atoms with Crippen LogP contribution in [-0.4, -0.2) is 21.5 Å². The zero-order chi connectivity index (χ0) is 12.3. The van der Waals surface area contributed by atoms with Crippen LogP contribution < -0.4 is 10.6 Å². The van der Waals surface area contributed by atoms with Gasteiger partial charge >= 0.3 is 6.03 Å². The third-order valence-electron chi connectivity index (χ3n) is 2.26. The second-order valence-corrected chi connectivity index (χ2v) is 4.18. The van der Waals surface area contributed by atoms with Crippen LogP contribution in [0, 0.1) is 0 Å². The minimum Gasteiger partial charge on any atom is -0.336 e. The van der Waals surface area contributed by atoms with E-state index < -0.39 is 0 Å². The third kappa shape index (κ3) is 2.96. The van der Waals surface area contributed by atoms with Crippen LogP contribution in [0.3, 0.4) is 0 Å². The highest BCUT2D eigenvalue weighted by molar-refractivity contribution is 5.74. The number of hydrogen-bond donors (Lipinski definition) is 2. The van der Waals surface area contributed by atoms with Gasteiger partial charge in [-0.2, -0.15) is 0 Å². The molecule has 2 N–H and O–H groups in total. The fourth-order valence-corrected chi connectivity index (χ4v) is 1.56. The predicted octanol–water partition coefficient (Wildman–Crippen LogP) is 1.54. The molecular weight excluding hydrogens is 216 g/mol. The van der Waals surface area contributed by atoms with Crippen molar-refractivity contribution in [2.24, 2.45) is 0 Å². The molecule has 0 aliphatic rings. The van der Waals surface area contributed by atoms with Gasteiger partial charge in [0.2, 0.25) is 0 Å². The van der Waals surface area contributed by atoms with Crippen molar-refractivity contribution in [3.05, 3.63) is 36.3 Å². The summed E-state index contributed by atoms with van der Waals surface area (Å²) >= 11 is 0. The van der Waals surface area contributed by atoms with Gasteiger partial charge in [0, 0.05) is 18.4 Å². The Balaban J connectivity index is 1.97. The molecule has 0 unspecified atom stereocenters. The van der Waals surface area contributed by atoms with E-state index in [-0.39, 0.29) is 12.1 Å². The van der Waals surface area contributed by atoms with E-state index in [1.807, 2.05) is 48.8 Å².